The minimum Gasteiger partial charge on any atom is -0.378 e. The van der Waals surface area contributed by atoms with Crippen molar-refractivity contribution in [3.05, 3.63) is 29.6 Å². The second-order valence-corrected chi connectivity index (χ2v) is 6.80. The van der Waals surface area contributed by atoms with Gasteiger partial charge in [-0.25, -0.2) is 12.8 Å². The Kier molecular flexibility index (Phi) is 5.01. The number of morpholine rings is 1. The molecule has 1 aliphatic rings. The molecule has 0 spiro atoms. The van der Waals surface area contributed by atoms with Crippen LogP contribution in [0.15, 0.2) is 23.1 Å². The number of ether oxygens (including phenoxy) is 1. The molecule has 1 unspecified atom stereocenters. The molecule has 112 valence electrons. The van der Waals surface area contributed by atoms with Crippen molar-refractivity contribution < 1.29 is 17.5 Å². The van der Waals surface area contributed by atoms with Gasteiger partial charge < -0.3 is 4.74 Å². The highest BCUT2D eigenvalue weighted by molar-refractivity contribution is 7.89. The third-order valence-corrected chi connectivity index (χ3v) is 5.65. The molecule has 4 nitrogen and oxygen atoms in total. The first kappa shape index (κ1) is 15.7. The van der Waals surface area contributed by atoms with Gasteiger partial charge in [0.05, 0.1) is 24.0 Å². The summed E-state index contributed by atoms with van der Waals surface area (Å²) in [5.41, 5.74) is 0.189. The molecule has 0 amide bonds. The van der Waals surface area contributed by atoms with E-state index in [4.69, 9.17) is 16.3 Å². The lowest BCUT2D eigenvalue weighted by atomic mass is 10.2. The fraction of sp³-hybridized carbons (Fsp3) is 0.538. The van der Waals surface area contributed by atoms with Crippen molar-refractivity contribution in [2.45, 2.75) is 30.2 Å². The molecule has 1 aromatic carbocycles. The number of rotatable bonds is 4. The normalized spacial score (nSPS) is 21.1. The van der Waals surface area contributed by atoms with Crippen LogP contribution >= 0.6 is 11.6 Å². The highest BCUT2D eigenvalue weighted by Gasteiger charge is 2.33. The van der Waals surface area contributed by atoms with E-state index in [0.717, 1.165) is 6.07 Å². The Labute approximate surface area is 123 Å². The lowest BCUT2D eigenvalue weighted by Crippen LogP contribution is -2.48. The quantitative estimate of drug-likeness (QED) is 0.800. The first-order valence-corrected chi connectivity index (χ1v) is 8.42. The standard InChI is InChI=1S/C13H17ClFNO3S/c1-2-11-9-19-6-5-16(11)20(17,18)12-3-4-13(15)10(7-12)8-14/h3-4,7,11H,2,5-6,8-9H2,1H3. The maximum Gasteiger partial charge on any atom is 0.243 e. The molecule has 2 rings (SSSR count). The van der Waals surface area contributed by atoms with Crippen LogP contribution in [0.3, 0.4) is 0 Å². The minimum atomic E-state index is -3.64. The maximum absolute atomic E-state index is 13.4. The average Bonchev–Trinajstić information content (AvgIpc) is 2.47. The molecule has 0 saturated carbocycles. The molecule has 0 bridgehead atoms. The summed E-state index contributed by atoms with van der Waals surface area (Å²) in [7, 11) is -3.64. The fourth-order valence-corrected chi connectivity index (χ4v) is 4.15. The van der Waals surface area contributed by atoms with E-state index < -0.39 is 15.8 Å². The van der Waals surface area contributed by atoms with Crippen molar-refractivity contribution in [2.24, 2.45) is 0 Å². The number of hydrogen-bond acceptors (Lipinski definition) is 3. The molecule has 0 aliphatic carbocycles. The van der Waals surface area contributed by atoms with Crippen LogP contribution in [0.1, 0.15) is 18.9 Å². The average molecular weight is 322 g/mol. The van der Waals surface area contributed by atoms with Crippen LogP contribution < -0.4 is 0 Å². The molecule has 1 aromatic rings. The lowest BCUT2D eigenvalue weighted by molar-refractivity contribution is 0.0314. The molecule has 1 fully saturated rings. The zero-order valence-corrected chi connectivity index (χ0v) is 12.8. The van der Waals surface area contributed by atoms with Crippen molar-refractivity contribution in [2.75, 3.05) is 19.8 Å². The topological polar surface area (TPSA) is 46.6 Å². The largest absolute Gasteiger partial charge is 0.378 e. The summed E-state index contributed by atoms with van der Waals surface area (Å²) in [4.78, 5) is 0.0786. The summed E-state index contributed by atoms with van der Waals surface area (Å²) in [6.07, 6.45) is 0.669. The Morgan fingerprint density at radius 1 is 1.50 bits per heavy atom. The SMILES string of the molecule is CCC1COCCN1S(=O)(=O)c1ccc(F)c(CCl)c1. The summed E-state index contributed by atoms with van der Waals surface area (Å²) < 4.78 is 45.5. The zero-order valence-electron chi connectivity index (χ0n) is 11.2. The van der Waals surface area contributed by atoms with E-state index in [1.165, 1.54) is 16.4 Å². The van der Waals surface area contributed by atoms with Crippen molar-refractivity contribution in [1.29, 1.82) is 0 Å². The van der Waals surface area contributed by atoms with Gasteiger partial charge in [0.1, 0.15) is 5.82 Å². The van der Waals surface area contributed by atoms with Gasteiger partial charge in [0.25, 0.3) is 0 Å². The van der Waals surface area contributed by atoms with E-state index >= 15 is 0 Å². The smallest absolute Gasteiger partial charge is 0.243 e. The summed E-state index contributed by atoms with van der Waals surface area (Å²) in [6, 6.07) is 3.55. The van der Waals surface area contributed by atoms with Crippen LogP contribution in [0, 0.1) is 5.82 Å². The van der Waals surface area contributed by atoms with Crippen LogP contribution in [0.4, 0.5) is 4.39 Å². The Hall–Kier alpha value is -0.690. The van der Waals surface area contributed by atoms with Gasteiger partial charge >= 0.3 is 0 Å². The van der Waals surface area contributed by atoms with Gasteiger partial charge in [0.2, 0.25) is 10.0 Å². The monoisotopic (exact) mass is 321 g/mol. The third kappa shape index (κ3) is 2.98. The lowest BCUT2D eigenvalue weighted by Gasteiger charge is -2.34. The molecule has 20 heavy (non-hydrogen) atoms. The molecule has 1 saturated heterocycles. The summed E-state index contributed by atoms with van der Waals surface area (Å²) >= 11 is 5.63. The van der Waals surface area contributed by atoms with Gasteiger partial charge in [-0.15, -0.1) is 11.6 Å². The number of halogens is 2. The third-order valence-electron chi connectivity index (χ3n) is 3.41. The van der Waals surface area contributed by atoms with E-state index in [1.54, 1.807) is 0 Å². The Bertz CT molecular complexity index is 579. The van der Waals surface area contributed by atoms with Crippen molar-refractivity contribution >= 4 is 21.6 Å². The molecular weight excluding hydrogens is 305 g/mol. The van der Waals surface area contributed by atoms with Gasteiger partial charge in [0, 0.05) is 18.2 Å². The number of benzene rings is 1. The van der Waals surface area contributed by atoms with Crippen LogP contribution in [0.2, 0.25) is 0 Å². The van der Waals surface area contributed by atoms with E-state index in [2.05, 4.69) is 0 Å². The van der Waals surface area contributed by atoms with Crippen molar-refractivity contribution in [1.82, 2.24) is 4.31 Å². The molecule has 7 heteroatoms. The summed E-state index contributed by atoms with van der Waals surface area (Å²) in [5.74, 6) is -0.553. The second-order valence-electron chi connectivity index (χ2n) is 4.64. The van der Waals surface area contributed by atoms with E-state index in [9.17, 15) is 12.8 Å². The molecular formula is C13H17ClFNO3S. The van der Waals surface area contributed by atoms with Gasteiger partial charge in [-0.3, -0.25) is 0 Å². The number of nitrogens with zero attached hydrogens (tertiary/aromatic N) is 1. The van der Waals surface area contributed by atoms with Gasteiger partial charge in [-0.05, 0) is 24.6 Å². The zero-order chi connectivity index (χ0) is 14.8. The van der Waals surface area contributed by atoms with Crippen molar-refractivity contribution in [3.63, 3.8) is 0 Å². The van der Waals surface area contributed by atoms with Gasteiger partial charge in [-0.2, -0.15) is 4.31 Å². The Morgan fingerprint density at radius 3 is 2.90 bits per heavy atom. The molecule has 0 aromatic heterocycles. The predicted octanol–water partition coefficient (Wildman–Crippen LogP) is 2.36. The Balaban J connectivity index is 2.38. The van der Waals surface area contributed by atoms with E-state index in [0.29, 0.717) is 26.2 Å². The number of alkyl halides is 1. The molecule has 1 aliphatic heterocycles. The summed E-state index contributed by atoms with van der Waals surface area (Å²) in [5, 5.41) is 0. The van der Waals surface area contributed by atoms with Crippen LogP contribution in [0.5, 0.6) is 0 Å². The molecule has 1 atom stereocenters. The summed E-state index contributed by atoms with van der Waals surface area (Å²) in [6.45, 7) is 2.99. The predicted molar refractivity (Wildman–Crippen MR) is 74.7 cm³/mol. The second kappa shape index (κ2) is 6.39. The number of hydrogen-bond donors (Lipinski definition) is 0. The fourth-order valence-electron chi connectivity index (χ4n) is 2.23. The van der Waals surface area contributed by atoms with E-state index in [1.807, 2.05) is 6.92 Å². The minimum absolute atomic E-state index is 0.0600. The molecule has 0 N–H and O–H groups in total. The molecule has 0 radical (unpaired) electrons. The van der Waals surface area contributed by atoms with E-state index in [-0.39, 0.29) is 22.4 Å². The maximum atomic E-state index is 13.4. The first-order chi connectivity index (χ1) is 9.50. The van der Waals surface area contributed by atoms with Gasteiger partial charge in [0.15, 0.2) is 0 Å². The highest BCUT2D eigenvalue weighted by atomic mass is 35.5. The molecule has 1 heterocycles. The van der Waals surface area contributed by atoms with Crippen LogP contribution in [0.25, 0.3) is 0 Å². The van der Waals surface area contributed by atoms with Gasteiger partial charge in [-0.1, -0.05) is 6.92 Å². The van der Waals surface area contributed by atoms with Crippen LogP contribution in [-0.2, 0) is 20.6 Å². The highest BCUT2D eigenvalue weighted by Crippen LogP contribution is 2.24. The number of sulfonamides is 1. The van der Waals surface area contributed by atoms with Crippen LogP contribution in [-0.4, -0.2) is 38.5 Å². The first-order valence-electron chi connectivity index (χ1n) is 6.44. The van der Waals surface area contributed by atoms with Crippen molar-refractivity contribution in [3.8, 4) is 0 Å². The Morgan fingerprint density at radius 2 is 2.25 bits per heavy atom.